The molecule has 3 heterocycles. The maximum absolute atomic E-state index is 6.59. The van der Waals surface area contributed by atoms with Crippen LogP contribution >= 0.6 is 23.2 Å². The number of benzene rings is 3. The van der Waals surface area contributed by atoms with E-state index in [4.69, 9.17) is 27.9 Å². The van der Waals surface area contributed by atoms with Crippen LogP contribution in [0.2, 0.25) is 10.0 Å². The van der Waals surface area contributed by atoms with Crippen molar-refractivity contribution in [2.24, 2.45) is 0 Å². The van der Waals surface area contributed by atoms with Crippen LogP contribution in [0, 0.1) is 6.92 Å². The second-order valence-electron chi connectivity index (χ2n) is 7.99. The Hall–Kier alpha value is -3.28. The fourth-order valence-electron chi connectivity index (χ4n) is 4.46. The molecule has 2 atom stereocenters. The van der Waals surface area contributed by atoms with Crippen molar-refractivity contribution in [1.29, 1.82) is 0 Å². The van der Waals surface area contributed by atoms with Gasteiger partial charge in [0.15, 0.2) is 0 Å². The van der Waals surface area contributed by atoms with E-state index >= 15 is 0 Å². The van der Waals surface area contributed by atoms with Crippen molar-refractivity contribution in [2.75, 3.05) is 5.32 Å². The second-order valence-corrected chi connectivity index (χ2v) is 8.86. The van der Waals surface area contributed by atoms with E-state index in [0.717, 1.165) is 33.7 Å². The number of aryl methyl sites for hydroxylation is 1. The molecule has 1 N–H and O–H groups in total. The molecule has 4 aromatic rings. The van der Waals surface area contributed by atoms with E-state index in [-0.39, 0.29) is 12.1 Å². The number of ether oxygens (including phenoxy) is 1. The molecule has 6 rings (SSSR count). The summed E-state index contributed by atoms with van der Waals surface area (Å²) in [6.07, 6.45) is 1.20. The molecule has 0 spiro atoms. The van der Waals surface area contributed by atoms with Gasteiger partial charge in [-0.15, -0.1) is 0 Å². The SMILES string of the molecule is Cc1ccc([C@H]2C3=C(Nc4ncnn42)c2cc(Cl)ccc2O[C@H]3c2cccc(Cl)c2)cc1. The summed E-state index contributed by atoms with van der Waals surface area (Å²) < 4.78 is 8.49. The van der Waals surface area contributed by atoms with E-state index < -0.39 is 0 Å². The molecule has 5 nitrogen and oxygen atoms in total. The minimum Gasteiger partial charge on any atom is -0.480 e. The molecule has 32 heavy (non-hydrogen) atoms. The molecule has 0 fully saturated rings. The fraction of sp³-hybridized carbons (Fsp3) is 0.120. The van der Waals surface area contributed by atoms with Crippen LogP contribution in [-0.4, -0.2) is 14.8 Å². The average molecular weight is 461 g/mol. The topological polar surface area (TPSA) is 52.0 Å². The molecular formula is C25H18Cl2N4O. The standard InChI is InChI=1S/C25H18Cl2N4O/c1-14-5-7-15(8-6-14)23-21-22(30-25-28-13-29-31(23)25)19-12-18(27)9-10-20(19)32-24(21)16-3-2-4-17(26)11-16/h2-13,23-24H,1H3,(H,28,29,30)/t23-,24-/m0/s1. The number of nitrogens with zero attached hydrogens (tertiary/aromatic N) is 3. The summed E-state index contributed by atoms with van der Waals surface area (Å²) in [5.41, 5.74) is 6.12. The summed E-state index contributed by atoms with van der Waals surface area (Å²) >= 11 is 12.7. The molecule has 2 aliphatic rings. The molecule has 0 aliphatic carbocycles. The molecule has 0 saturated heterocycles. The van der Waals surface area contributed by atoms with E-state index in [1.165, 1.54) is 5.56 Å². The monoisotopic (exact) mass is 460 g/mol. The number of hydrogen-bond donors (Lipinski definition) is 1. The third-order valence-electron chi connectivity index (χ3n) is 5.92. The van der Waals surface area contributed by atoms with E-state index in [0.29, 0.717) is 16.0 Å². The summed E-state index contributed by atoms with van der Waals surface area (Å²) in [7, 11) is 0. The van der Waals surface area contributed by atoms with E-state index in [2.05, 4.69) is 46.6 Å². The lowest BCUT2D eigenvalue weighted by atomic mass is 9.84. The first-order chi connectivity index (χ1) is 15.6. The first-order valence-electron chi connectivity index (χ1n) is 10.3. The second kappa shape index (κ2) is 7.40. The van der Waals surface area contributed by atoms with Crippen molar-refractivity contribution < 1.29 is 4.74 Å². The molecule has 7 heteroatoms. The van der Waals surface area contributed by atoms with Gasteiger partial charge in [-0.05, 0) is 48.4 Å². The molecule has 0 amide bonds. The highest BCUT2D eigenvalue weighted by atomic mass is 35.5. The number of halogens is 2. The fourth-order valence-corrected chi connectivity index (χ4v) is 4.83. The highest BCUT2D eigenvalue weighted by molar-refractivity contribution is 6.31. The van der Waals surface area contributed by atoms with Gasteiger partial charge in [-0.25, -0.2) is 4.68 Å². The zero-order valence-corrected chi connectivity index (χ0v) is 18.6. The van der Waals surface area contributed by atoms with Crippen LogP contribution in [0.25, 0.3) is 5.70 Å². The Labute approximate surface area is 195 Å². The van der Waals surface area contributed by atoms with Gasteiger partial charge in [-0.3, -0.25) is 0 Å². The first-order valence-corrected chi connectivity index (χ1v) is 11.0. The molecular weight excluding hydrogens is 443 g/mol. The third-order valence-corrected chi connectivity index (χ3v) is 6.39. The van der Waals surface area contributed by atoms with Crippen LogP contribution in [0.15, 0.2) is 78.6 Å². The lowest BCUT2D eigenvalue weighted by Gasteiger charge is -2.39. The van der Waals surface area contributed by atoms with Gasteiger partial charge in [0.1, 0.15) is 24.2 Å². The summed E-state index contributed by atoms with van der Waals surface area (Å²) in [4.78, 5) is 4.46. The smallest absolute Gasteiger partial charge is 0.226 e. The highest BCUT2D eigenvalue weighted by Gasteiger charge is 2.41. The number of nitrogens with one attached hydrogen (secondary N) is 1. The number of anilines is 1. The van der Waals surface area contributed by atoms with Crippen molar-refractivity contribution >= 4 is 34.8 Å². The average Bonchev–Trinajstić information content (AvgIpc) is 3.26. The van der Waals surface area contributed by atoms with Crippen molar-refractivity contribution in [3.63, 3.8) is 0 Å². The van der Waals surface area contributed by atoms with E-state index in [1.54, 1.807) is 6.33 Å². The normalized spacial score (nSPS) is 18.8. The van der Waals surface area contributed by atoms with Gasteiger partial charge in [0, 0.05) is 21.2 Å². The van der Waals surface area contributed by atoms with Gasteiger partial charge in [0.25, 0.3) is 0 Å². The summed E-state index contributed by atoms with van der Waals surface area (Å²) in [6.45, 7) is 2.08. The van der Waals surface area contributed by atoms with Gasteiger partial charge in [0.2, 0.25) is 5.95 Å². The van der Waals surface area contributed by atoms with Gasteiger partial charge in [0.05, 0.1) is 5.70 Å². The highest BCUT2D eigenvalue weighted by Crippen LogP contribution is 2.51. The van der Waals surface area contributed by atoms with Gasteiger partial charge >= 0.3 is 0 Å². The Balaban J connectivity index is 1.64. The zero-order valence-electron chi connectivity index (χ0n) is 17.1. The van der Waals surface area contributed by atoms with E-state index in [9.17, 15) is 0 Å². The van der Waals surface area contributed by atoms with Crippen LogP contribution in [-0.2, 0) is 0 Å². The lowest BCUT2D eigenvalue weighted by molar-refractivity contribution is 0.223. The molecule has 0 radical (unpaired) electrons. The minimum absolute atomic E-state index is 0.208. The first kappa shape index (κ1) is 19.4. The molecule has 2 aliphatic heterocycles. The zero-order chi connectivity index (χ0) is 21.8. The molecule has 158 valence electrons. The Kier molecular flexibility index (Phi) is 4.49. The van der Waals surface area contributed by atoms with Crippen LogP contribution in [0.5, 0.6) is 5.75 Å². The molecule has 1 aromatic heterocycles. The van der Waals surface area contributed by atoms with Gasteiger partial charge in [-0.2, -0.15) is 10.1 Å². The van der Waals surface area contributed by atoms with Crippen LogP contribution in [0.3, 0.4) is 0 Å². The third kappa shape index (κ3) is 3.08. The van der Waals surface area contributed by atoms with Crippen LogP contribution < -0.4 is 10.1 Å². The number of hydrogen-bond acceptors (Lipinski definition) is 4. The Bertz CT molecular complexity index is 1380. The lowest BCUT2D eigenvalue weighted by Crippen LogP contribution is -2.32. The van der Waals surface area contributed by atoms with E-state index in [1.807, 2.05) is 47.1 Å². The minimum atomic E-state index is -0.367. The predicted molar refractivity (Wildman–Crippen MR) is 126 cm³/mol. The molecule has 0 unspecified atom stereocenters. The Morgan fingerprint density at radius 2 is 1.75 bits per heavy atom. The van der Waals surface area contributed by atoms with Crippen molar-refractivity contribution in [3.8, 4) is 5.75 Å². The molecule has 0 bridgehead atoms. The van der Waals surface area contributed by atoms with Gasteiger partial charge in [-0.1, -0.05) is 65.2 Å². The van der Waals surface area contributed by atoms with Crippen LogP contribution in [0.1, 0.15) is 34.4 Å². The van der Waals surface area contributed by atoms with Crippen LogP contribution in [0.4, 0.5) is 5.95 Å². The Morgan fingerprint density at radius 1 is 0.938 bits per heavy atom. The Morgan fingerprint density at radius 3 is 2.56 bits per heavy atom. The predicted octanol–water partition coefficient (Wildman–Crippen LogP) is 6.45. The number of fused-ring (bicyclic) bond motifs is 3. The largest absolute Gasteiger partial charge is 0.480 e. The van der Waals surface area contributed by atoms with Crippen molar-refractivity contribution in [3.05, 3.63) is 111 Å². The molecule has 3 aromatic carbocycles. The number of rotatable bonds is 2. The van der Waals surface area contributed by atoms with Gasteiger partial charge < -0.3 is 10.1 Å². The summed E-state index contributed by atoms with van der Waals surface area (Å²) in [5, 5.41) is 9.33. The summed E-state index contributed by atoms with van der Waals surface area (Å²) in [5.74, 6) is 1.42. The quantitative estimate of drug-likeness (QED) is 0.373. The maximum atomic E-state index is 6.59. The van der Waals surface area contributed by atoms with Crippen molar-refractivity contribution in [1.82, 2.24) is 14.8 Å². The number of aromatic nitrogens is 3. The molecule has 0 saturated carbocycles. The summed E-state index contributed by atoms with van der Waals surface area (Å²) in [6, 6.07) is 21.7. The maximum Gasteiger partial charge on any atom is 0.226 e. The van der Waals surface area contributed by atoms with Crippen molar-refractivity contribution in [2.45, 2.75) is 19.1 Å².